The molecule has 20 heavy (non-hydrogen) atoms. The molecule has 5 nitrogen and oxygen atoms in total. The number of anilines is 1. The monoisotopic (exact) mass is 295 g/mol. The molecule has 0 amide bonds. The molecule has 1 aromatic heterocycles. The highest BCUT2D eigenvalue weighted by Crippen LogP contribution is 2.20. The first-order valence-electron chi connectivity index (χ1n) is 5.27. The average molecular weight is 295 g/mol. The van der Waals surface area contributed by atoms with E-state index in [2.05, 4.69) is 4.98 Å². The maximum atomic E-state index is 13.4. The van der Waals surface area contributed by atoms with E-state index in [1.54, 1.807) is 6.07 Å². The van der Waals surface area contributed by atoms with Gasteiger partial charge in [-0.2, -0.15) is 5.26 Å². The summed E-state index contributed by atoms with van der Waals surface area (Å²) in [6.07, 6.45) is 0.956. The summed E-state index contributed by atoms with van der Waals surface area (Å²) in [7, 11) is -4.11. The third-order valence-corrected chi connectivity index (χ3v) is 3.71. The van der Waals surface area contributed by atoms with Gasteiger partial charge in [-0.25, -0.2) is 22.2 Å². The van der Waals surface area contributed by atoms with Crippen molar-refractivity contribution in [2.45, 2.75) is 4.90 Å². The average Bonchev–Trinajstić information content (AvgIpc) is 2.44. The Labute approximate surface area is 113 Å². The molecule has 2 rings (SSSR count). The maximum absolute atomic E-state index is 13.4. The molecule has 1 heterocycles. The van der Waals surface area contributed by atoms with Crippen molar-refractivity contribution in [1.82, 2.24) is 4.98 Å². The number of halogens is 2. The Morgan fingerprint density at radius 3 is 2.55 bits per heavy atom. The number of hydrogen-bond acceptors (Lipinski definition) is 4. The molecule has 0 bridgehead atoms. The molecule has 0 aliphatic carbocycles. The van der Waals surface area contributed by atoms with Crippen LogP contribution < -0.4 is 4.72 Å². The summed E-state index contributed by atoms with van der Waals surface area (Å²) < 4.78 is 52.2. The van der Waals surface area contributed by atoms with Crippen LogP contribution in [0.25, 0.3) is 0 Å². The highest BCUT2D eigenvalue weighted by atomic mass is 32.2. The standard InChI is InChI=1S/C12H7F2N3O2S/c13-10-2-1-3-11(12(10)14)17-20(18,19)9-5-4-8(6-15)16-7-9/h1-5,7,17H. The minimum Gasteiger partial charge on any atom is -0.276 e. The molecule has 2 aromatic rings. The molecular weight excluding hydrogens is 288 g/mol. The summed E-state index contributed by atoms with van der Waals surface area (Å²) >= 11 is 0. The van der Waals surface area contributed by atoms with E-state index in [0.717, 1.165) is 24.4 Å². The smallest absolute Gasteiger partial charge is 0.263 e. The Balaban J connectivity index is 2.36. The van der Waals surface area contributed by atoms with E-state index in [1.807, 2.05) is 4.72 Å². The lowest BCUT2D eigenvalue weighted by atomic mass is 10.3. The van der Waals surface area contributed by atoms with Gasteiger partial charge >= 0.3 is 0 Å². The molecule has 0 radical (unpaired) electrons. The normalized spacial score (nSPS) is 10.8. The van der Waals surface area contributed by atoms with Crippen LogP contribution in [0.2, 0.25) is 0 Å². The first-order chi connectivity index (χ1) is 9.44. The Kier molecular flexibility index (Phi) is 3.63. The molecular formula is C12H7F2N3O2S. The third kappa shape index (κ3) is 2.73. The Morgan fingerprint density at radius 2 is 1.95 bits per heavy atom. The molecule has 0 unspecified atom stereocenters. The lowest BCUT2D eigenvalue weighted by Gasteiger charge is -2.08. The number of sulfonamides is 1. The van der Waals surface area contributed by atoms with E-state index < -0.39 is 27.3 Å². The number of nitrogens with one attached hydrogen (secondary N) is 1. The molecule has 0 aliphatic rings. The predicted octanol–water partition coefficient (Wildman–Crippen LogP) is 2.03. The molecule has 0 saturated carbocycles. The quantitative estimate of drug-likeness (QED) is 0.939. The Bertz CT molecular complexity index is 783. The maximum Gasteiger partial charge on any atom is 0.263 e. The van der Waals surface area contributed by atoms with Crippen molar-refractivity contribution in [1.29, 1.82) is 5.26 Å². The van der Waals surface area contributed by atoms with Gasteiger partial charge in [0.15, 0.2) is 11.6 Å². The highest BCUT2D eigenvalue weighted by molar-refractivity contribution is 7.92. The first kappa shape index (κ1) is 13.9. The fraction of sp³-hybridized carbons (Fsp3) is 0. The van der Waals surface area contributed by atoms with Crippen LogP contribution in [0, 0.1) is 23.0 Å². The van der Waals surface area contributed by atoms with Gasteiger partial charge in [-0.3, -0.25) is 4.72 Å². The first-order valence-corrected chi connectivity index (χ1v) is 6.75. The van der Waals surface area contributed by atoms with Crippen molar-refractivity contribution < 1.29 is 17.2 Å². The molecule has 1 aromatic carbocycles. The van der Waals surface area contributed by atoms with Crippen LogP contribution in [-0.2, 0) is 10.0 Å². The highest BCUT2D eigenvalue weighted by Gasteiger charge is 2.18. The fourth-order valence-electron chi connectivity index (χ4n) is 1.39. The van der Waals surface area contributed by atoms with Crippen LogP contribution in [-0.4, -0.2) is 13.4 Å². The SMILES string of the molecule is N#Cc1ccc(S(=O)(=O)Nc2cccc(F)c2F)cn1. The van der Waals surface area contributed by atoms with E-state index >= 15 is 0 Å². The van der Waals surface area contributed by atoms with Gasteiger partial charge in [0.25, 0.3) is 10.0 Å². The van der Waals surface area contributed by atoms with Gasteiger partial charge < -0.3 is 0 Å². The minimum absolute atomic E-state index is 0.0425. The van der Waals surface area contributed by atoms with Gasteiger partial charge in [0.2, 0.25) is 0 Å². The van der Waals surface area contributed by atoms with Gasteiger partial charge in [0, 0.05) is 6.20 Å². The third-order valence-electron chi connectivity index (χ3n) is 2.36. The number of hydrogen-bond donors (Lipinski definition) is 1. The molecule has 0 saturated heterocycles. The lowest BCUT2D eigenvalue weighted by molar-refractivity contribution is 0.511. The number of pyridine rings is 1. The molecule has 8 heteroatoms. The molecule has 0 spiro atoms. The van der Waals surface area contributed by atoms with Gasteiger partial charge in [0.1, 0.15) is 16.7 Å². The lowest BCUT2D eigenvalue weighted by Crippen LogP contribution is -2.14. The molecule has 0 aliphatic heterocycles. The van der Waals surface area contributed by atoms with E-state index in [-0.39, 0.29) is 10.6 Å². The van der Waals surface area contributed by atoms with Crippen molar-refractivity contribution in [3.05, 3.63) is 53.9 Å². The zero-order valence-electron chi connectivity index (χ0n) is 9.84. The second-order valence-corrected chi connectivity index (χ2v) is 5.38. The second kappa shape index (κ2) is 5.22. The molecule has 0 fully saturated rings. The van der Waals surface area contributed by atoms with E-state index in [9.17, 15) is 17.2 Å². The summed E-state index contributed by atoms with van der Waals surface area (Å²) in [5.41, 5.74) is -0.463. The zero-order chi connectivity index (χ0) is 14.8. The van der Waals surface area contributed by atoms with Crippen molar-refractivity contribution >= 4 is 15.7 Å². The zero-order valence-corrected chi connectivity index (χ0v) is 10.7. The summed E-state index contributed by atoms with van der Waals surface area (Å²) in [5.74, 6) is -2.46. The van der Waals surface area contributed by atoms with Crippen LogP contribution in [0.3, 0.4) is 0 Å². The van der Waals surface area contributed by atoms with E-state index in [4.69, 9.17) is 5.26 Å². The number of aromatic nitrogens is 1. The van der Waals surface area contributed by atoms with Gasteiger partial charge in [-0.05, 0) is 24.3 Å². The summed E-state index contributed by atoms with van der Waals surface area (Å²) in [5, 5.41) is 8.56. The Morgan fingerprint density at radius 1 is 1.20 bits per heavy atom. The van der Waals surface area contributed by atoms with Gasteiger partial charge in [0.05, 0.1) is 5.69 Å². The van der Waals surface area contributed by atoms with Crippen LogP contribution in [0.5, 0.6) is 0 Å². The van der Waals surface area contributed by atoms with Gasteiger partial charge in [-0.15, -0.1) is 0 Å². The van der Waals surface area contributed by atoms with Crippen LogP contribution in [0.15, 0.2) is 41.4 Å². The summed E-state index contributed by atoms with van der Waals surface area (Å²) in [6.45, 7) is 0. The van der Waals surface area contributed by atoms with Gasteiger partial charge in [-0.1, -0.05) is 6.07 Å². The fourth-order valence-corrected chi connectivity index (χ4v) is 2.40. The molecule has 102 valence electrons. The van der Waals surface area contributed by atoms with Crippen molar-refractivity contribution in [2.75, 3.05) is 4.72 Å². The number of nitrogens with zero attached hydrogens (tertiary/aromatic N) is 2. The Hall–Kier alpha value is -2.53. The van der Waals surface area contributed by atoms with Crippen LogP contribution >= 0.6 is 0 Å². The number of rotatable bonds is 3. The minimum atomic E-state index is -4.11. The van der Waals surface area contributed by atoms with Crippen molar-refractivity contribution in [3.8, 4) is 6.07 Å². The van der Waals surface area contributed by atoms with E-state index in [1.165, 1.54) is 12.1 Å². The second-order valence-electron chi connectivity index (χ2n) is 3.70. The predicted molar refractivity (Wildman–Crippen MR) is 66.1 cm³/mol. The summed E-state index contributed by atoms with van der Waals surface area (Å²) in [6, 6.07) is 7.22. The number of nitriles is 1. The van der Waals surface area contributed by atoms with Crippen LogP contribution in [0.4, 0.5) is 14.5 Å². The largest absolute Gasteiger partial charge is 0.276 e. The summed E-state index contributed by atoms with van der Waals surface area (Å²) in [4.78, 5) is 3.33. The van der Waals surface area contributed by atoms with Crippen molar-refractivity contribution in [2.24, 2.45) is 0 Å². The molecule has 0 atom stereocenters. The van der Waals surface area contributed by atoms with E-state index in [0.29, 0.717) is 0 Å². The number of benzene rings is 1. The topological polar surface area (TPSA) is 82.8 Å². The van der Waals surface area contributed by atoms with Crippen molar-refractivity contribution in [3.63, 3.8) is 0 Å². The molecule has 1 N–H and O–H groups in total. The van der Waals surface area contributed by atoms with Crippen LogP contribution in [0.1, 0.15) is 5.69 Å².